The van der Waals surface area contributed by atoms with E-state index in [2.05, 4.69) is 4.98 Å². The fourth-order valence-electron chi connectivity index (χ4n) is 4.47. The average molecular weight is 434 g/mol. The maximum atomic E-state index is 13.1. The maximum absolute atomic E-state index is 13.1. The van der Waals surface area contributed by atoms with Crippen LogP contribution in [0.4, 0.5) is 0 Å². The molecule has 3 heterocycles. The van der Waals surface area contributed by atoms with Gasteiger partial charge in [-0.1, -0.05) is 18.2 Å². The van der Waals surface area contributed by atoms with E-state index in [1.807, 2.05) is 52.3 Å². The zero-order valence-electron chi connectivity index (χ0n) is 18.0. The number of likely N-dealkylation sites (tertiary alicyclic amines) is 1. The first-order valence-electron chi connectivity index (χ1n) is 11.3. The fraction of sp³-hybridized carbons (Fsp3) is 0.400. The second kappa shape index (κ2) is 9.12. The van der Waals surface area contributed by atoms with E-state index < -0.39 is 0 Å². The Hall–Kier alpha value is -3.19. The second-order valence-corrected chi connectivity index (χ2v) is 8.50. The van der Waals surface area contributed by atoms with Crippen LogP contribution in [-0.4, -0.2) is 66.0 Å². The van der Waals surface area contributed by atoms with Crippen LogP contribution in [0.25, 0.3) is 22.6 Å². The Labute approximate surface area is 187 Å². The number of aromatic nitrogens is 1. The number of oxazole rings is 1. The molecule has 0 unspecified atom stereocenters. The number of hydrogen-bond acceptors (Lipinski definition) is 5. The number of carbonyl (C=O) groups excluding carboxylic acids is 2. The molecule has 32 heavy (non-hydrogen) atoms. The summed E-state index contributed by atoms with van der Waals surface area (Å²) in [7, 11) is 0. The van der Waals surface area contributed by atoms with Gasteiger partial charge in [-0.25, -0.2) is 4.98 Å². The normalized spacial score (nSPS) is 17.6. The summed E-state index contributed by atoms with van der Waals surface area (Å²) in [6, 6.07) is 15.2. The average Bonchev–Trinajstić information content (AvgIpc) is 3.29. The molecule has 2 aliphatic rings. The molecule has 0 radical (unpaired) electrons. The smallest absolute Gasteiger partial charge is 0.253 e. The summed E-state index contributed by atoms with van der Waals surface area (Å²) in [5, 5.41) is 0. The van der Waals surface area contributed by atoms with Crippen molar-refractivity contribution in [1.29, 1.82) is 0 Å². The summed E-state index contributed by atoms with van der Waals surface area (Å²) in [5.74, 6) is 1.10. The van der Waals surface area contributed by atoms with E-state index in [0.29, 0.717) is 68.8 Å². The Kier molecular flexibility index (Phi) is 5.90. The Bertz CT molecular complexity index is 1100. The number of carbonyl (C=O) groups is 2. The van der Waals surface area contributed by atoms with Crippen LogP contribution in [0.1, 0.15) is 29.6 Å². The van der Waals surface area contributed by atoms with Crippen molar-refractivity contribution < 1.29 is 18.7 Å². The van der Waals surface area contributed by atoms with Gasteiger partial charge in [-0.15, -0.1) is 0 Å². The topological polar surface area (TPSA) is 75.9 Å². The molecular weight excluding hydrogens is 406 g/mol. The summed E-state index contributed by atoms with van der Waals surface area (Å²) < 4.78 is 11.2. The molecular formula is C25H27N3O4. The first kappa shape index (κ1) is 20.7. The number of ether oxygens (including phenoxy) is 1. The highest BCUT2D eigenvalue weighted by Crippen LogP contribution is 2.27. The number of rotatable bonds is 4. The van der Waals surface area contributed by atoms with Crippen LogP contribution < -0.4 is 0 Å². The highest BCUT2D eigenvalue weighted by atomic mass is 16.5. The molecule has 2 amide bonds. The summed E-state index contributed by atoms with van der Waals surface area (Å²) in [6.07, 6.45) is 2.27. The van der Waals surface area contributed by atoms with Crippen LogP contribution in [0.2, 0.25) is 0 Å². The molecule has 0 spiro atoms. The molecule has 0 atom stereocenters. The molecule has 5 rings (SSSR count). The SMILES string of the molecule is O=C(CC1CCN(C(=O)c2ccc3nc(-c4ccccc4)oc3c2)CC1)N1CCOCC1. The number of amides is 2. The quantitative estimate of drug-likeness (QED) is 0.629. The minimum atomic E-state index is 0.00233. The Balaban J connectivity index is 1.21. The minimum Gasteiger partial charge on any atom is -0.436 e. The molecule has 166 valence electrons. The van der Waals surface area contributed by atoms with Crippen LogP contribution in [0.15, 0.2) is 52.9 Å². The van der Waals surface area contributed by atoms with Gasteiger partial charge >= 0.3 is 0 Å². The molecule has 2 fully saturated rings. The van der Waals surface area contributed by atoms with Crippen LogP contribution in [-0.2, 0) is 9.53 Å². The Morgan fingerprint density at radius 3 is 2.44 bits per heavy atom. The standard InChI is InChI=1S/C25H27N3O4/c29-23(27-12-14-31-15-13-27)16-18-8-10-28(11-9-18)25(30)20-6-7-21-22(17-20)32-24(26-21)19-4-2-1-3-5-19/h1-7,17-18H,8-16H2. The largest absolute Gasteiger partial charge is 0.436 e. The third kappa shape index (κ3) is 4.39. The molecule has 0 saturated carbocycles. The molecule has 2 aliphatic heterocycles. The molecule has 0 bridgehead atoms. The van der Waals surface area contributed by atoms with Crippen molar-refractivity contribution in [2.45, 2.75) is 19.3 Å². The molecule has 2 aromatic carbocycles. The summed E-state index contributed by atoms with van der Waals surface area (Å²) >= 11 is 0. The third-order valence-electron chi connectivity index (χ3n) is 6.38. The highest BCUT2D eigenvalue weighted by molar-refractivity contribution is 5.97. The first-order valence-corrected chi connectivity index (χ1v) is 11.3. The predicted octanol–water partition coefficient (Wildman–Crippen LogP) is 3.60. The van der Waals surface area contributed by atoms with Crippen molar-refractivity contribution in [3.63, 3.8) is 0 Å². The summed E-state index contributed by atoms with van der Waals surface area (Å²) in [5.41, 5.74) is 2.86. The molecule has 0 aliphatic carbocycles. The van der Waals surface area contributed by atoms with Crippen molar-refractivity contribution in [2.75, 3.05) is 39.4 Å². The van der Waals surface area contributed by atoms with Gasteiger partial charge < -0.3 is 19.0 Å². The molecule has 7 heteroatoms. The van der Waals surface area contributed by atoms with Gasteiger partial charge in [-0.2, -0.15) is 0 Å². The van der Waals surface area contributed by atoms with Crippen molar-refractivity contribution in [3.8, 4) is 11.5 Å². The van der Waals surface area contributed by atoms with E-state index in [9.17, 15) is 9.59 Å². The van der Waals surface area contributed by atoms with E-state index in [1.54, 1.807) is 6.07 Å². The van der Waals surface area contributed by atoms with Gasteiger partial charge in [0.2, 0.25) is 11.8 Å². The van der Waals surface area contributed by atoms with Gasteiger partial charge in [-0.05, 0) is 49.1 Å². The molecule has 7 nitrogen and oxygen atoms in total. The van der Waals surface area contributed by atoms with Crippen LogP contribution in [0.3, 0.4) is 0 Å². The number of hydrogen-bond donors (Lipinski definition) is 0. The van der Waals surface area contributed by atoms with E-state index in [0.717, 1.165) is 23.9 Å². The van der Waals surface area contributed by atoms with Gasteiger partial charge in [0, 0.05) is 43.7 Å². The number of benzene rings is 2. The van der Waals surface area contributed by atoms with Crippen LogP contribution in [0, 0.1) is 5.92 Å². The lowest BCUT2D eigenvalue weighted by molar-refractivity contribution is -0.136. The third-order valence-corrected chi connectivity index (χ3v) is 6.38. The van der Waals surface area contributed by atoms with Gasteiger partial charge in [0.05, 0.1) is 13.2 Å². The Morgan fingerprint density at radius 2 is 1.69 bits per heavy atom. The number of nitrogens with zero attached hydrogens (tertiary/aromatic N) is 3. The zero-order valence-corrected chi connectivity index (χ0v) is 18.0. The lowest BCUT2D eigenvalue weighted by Gasteiger charge is -2.33. The first-order chi connectivity index (χ1) is 15.7. The molecule has 3 aromatic rings. The molecule has 0 N–H and O–H groups in total. The van der Waals surface area contributed by atoms with Crippen molar-refractivity contribution in [1.82, 2.24) is 14.8 Å². The monoisotopic (exact) mass is 433 g/mol. The van der Waals surface area contributed by atoms with Crippen LogP contribution >= 0.6 is 0 Å². The second-order valence-electron chi connectivity index (χ2n) is 8.50. The number of piperidine rings is 1. The maximum Gasteiger partial charge on any atom is 0.253 e. The van der Waals surface area contributed by atoms with E-state index in [-0.39, 0.29) is 11.8 Å². The highest BCUT2D eigenvalue weighted by Gasteiger charge is 2.27. The Morgan fingerprint density at radius 1 is 0.938 bits per heavy atom. The predicted molar refractivity (Wildman–Crippen MR) is 120 cm³/mol. The summed E-state index contributed by atoms with van der Waals surface area (Å²) in [4.78, 5) is 33.9. The molecule has 1 aromatic heterocycles. The van der Waals surface area contributed by atoms with Gasteiger partial charge in [-0.3, -0.25) is 9.59 Å². The van der Waals surface area contributed by atoms with Crippen LogP contribution in [0.5, 0.6) is 0 Å². The van der Waals surface area contributed by atoms with E-state index in [4.69, 9.17) is 9.15 Å². The van der Waals surface area contributed by atoms with Crippen molar-refractivity contribution in [3.05, 3.63) is 54.1 Å². The van der Waals surface area contributed by atoms with E-state index >= 15 is 0 Å². The van der Waals surface area contributed by atoms with E-state index in [1.165, 1.54) is 0 Å². The van der Waals surface area contributed by atoms with Crippen molar-refractivity contribution in [2.24, 2.45) is 5.92 Å². The fourth-order valence-corrected chi connectivity index (χ4v) is 4.47. The number of morpholine rings is 1. The van der Waals surface area contributed by atoms with Crippen molar-refractivity contribution >= 4 is 22.9 Å². The zero-order chi connectivity index (χ0) is 21.9. The minimum absolute atomic E-state index is 0.00233. The molecule has 2 saturated heterocycles. The van der Waals surface area contributed by atoms with Gasteiger partial charge in [0.25, 0.3) is 5.91 Å². The number of fused-ring (bicyclic) bond motifs is 1. The van der Waals surface area contributed by atoms with Gasteiger partial charge in [0.15, 0.2) is 5.58 Å². The van der Waals surface area contributed by atoms with Gasteiger partial charge in [0.1, 0.15) is 5.52 Å². The lowest BCUT2D eigenvalue weighted by atomic mass is 9.92. The lowest BCUT2D eigenvalue weighted by Crippen LogP contribution is -2.43. The summed E-state index contributed by atoms with van der Waals surface area (Å²) in [6.45, 7) is 3.97.